The molecule has 2 N–H and O–H groups in total. The number of rotatable bonds is 9. The van der Waals surface area contributed by atoms with Gasteiger partial charge in [-0.15, -0.1) is 0 Å². The van der Waals surface area contributed by atoms with Crippen molar-refractivity contribution in [3.05, 3.63) is 27.4 Å². The number of carbonyl (C=O) groups is 1. The maximum absolute atomic E-state index is 10.6. The van der Waals surface area contributed by atoms with Gasteiger partial charge in [-0.2, -0.15) is 0 Å². The molecular formula is C13H18ClN3O4. The van der Waals surface area contributed by atoms with Crippen molar-refractivity contribution >= 4 is 29.1 Å². The molecule has 0 fully saturated rings. The van der Waals surface area contributed by atoms with E-state index in [1.807, 2.05) is 6.92 Å². The fourth-order valence-electron chi connectivity index (χ4n) is 1.93. The molecule has 1 heterocycles. The van der Waals surface area contributed by atoms with E-state index in [0.29, 0.717) is 24.7 Å². The van der Waals surface area contributed by atoms with Crippen LogP contribution in [0.5, 0.6) is 0 Å². The van der Waals surface area contributed by atoms with Gasteiger partial charge in [0.2, 0.25) is 0 Å². The lowest BCUT2D eigenvalue weighted by Crippen LogP contribution is -2.11. The maximum atomic E-state index is 10.6. The molecule has 0 aromatic carbocycles. The Kier molecular flexibility index (Phi) is 6.87. The quantitative estimate of drug-likeness (QED) is 0.535. The highest BCUT2D eigenvalue weighted by Gasteiger charge is 2.12. The van der Waals surface area contributed by atoms with Crippen molar-refractivity contribution in [2.24, 2.45) is 5.92 Å². The minimum atomic E-state index is -0.790. The van der Waals surface area contributed by atoms with Gasteiger partial charge in [0.05, 0.1) is 9.95 Å². The number of aliphatic carboxylic acids is 1. The first-order valence-electron chi connectivity index (χ1n) is 6.69. The van der Waals surface area contributed by atoms with Crippen molar-refractivity contribution in [3.8, 4) is 0 Å². The Hall–Kier alpha value is -1.89. The summed E-state index contributed by atoms with van der Waals surface area (Å²) in [6.07, 6.45) is 3.63. The van der Waals surface area contributed by atoms with Gasteiger partial charge in [-0.3, -0.25) is 14.9 Å². The highest BCUT2D eigenvalue weighted by Crippen LogP contribution is 2.24. The summed E-state index contributed by atoms with van der Waals surface area (Å²) in [6, 6.07) is 1.25. The fourth-order valence-corrected chi connectivity index (χ4v) is 2.16. The molecule has 8 heteroatoms. The van der Waals surface area contributed by atoms with E-state index >= 15 is 0 Å². The van der Waals surface area contributed by atoms with Crippen LogP contribution in [-0.2, 0) is 4.79 Å². The standard InChI is InChI=1S/C13H18ClN3O4/c1-2-9(3-4-12(18)19)5-6-15-13-11(14)7-10(8-16-13)17(20)21/h7-9H,2-6H2,1H3,(H,15,16)(H,18,19). The van der Waals surface area contributed by atoms with E-state index in [0.717, 1.165) is 19.0 Å². The van der Waals surface area contributed by atoms with E-state index in [4.69, 9.17) is 16.7 Å². The Morgan fingerprint density at radius 2 is 2.29 bits per heavy atom. The molecule has 0 aliphatic carbocycles. The molecule has 21 heavy (non-hydrogen) atoms. The normalized spacial score (nSPS) is 11.9. The van der Waals surface area contributed by atoms with Crippen LogP contribution in [-0.4, -0.2) is 27.5 Å². The van der Waals surface area contributed by atoms with E-state index in [1.54, 1.807) is 0 Å². The zero-order chi connectivity index (χ0) is 15.8. The Balaban J connectivity index is 2.47. The first-order valence-corrected chi connectivity index (χ1v) is 7.07. The molecule has 0 bridgehead atoms. The molecule has 0 aliphatic heterocycles. The number of nitro groups is 1. The second-order valence-electron chi connectivity index (χ2n) is 4.70. The molecule has 116 valence electrons. The van der Waals surface area contributed by atoms with Crippen LogP contribution in [0.15, 0.2) is 12.3 Å². The van der Waals surface area contributed by atoms with Crippen molar-refractivity contribution in [3.63, 3.8) is 0 Å². The van der Waals surface area contributed by atoms with Crippen LogP contribution in [0.2, 0.25) is 5.02 Å². The lowest BCUT2D eigenvalue weighted by atomic mass is 9.97. The van der Waals surface area contributed by atoms with Crippen LogP contribution < -0.4 is 5.32 Å². The van der Waals surface area contributed by atoms with Gasteiger partial charge in [-0.25, -0.2) is 4.98 Å². The topological polar surface area (TPSA) is 105 Å². The number of nitrogens with one attached hydrogen (secondary N) is 1. The van der Waals surface area contributed by atoms with Crippen LogP contribution in [0.1, 0.15) is 32.6 Å². The predicted octanol–water partition coefficient (Wildman–Crippen LogP) is 3.34. The third kappa shape index (κ3) is 5.95. The highest BCUT2D eigenvalue weighted by molar-refractivity contribution is 6.33. The number of hydrogen-bond donors (Lipinski definition) is 2. The van der Waals surface area contributed by atoms with E-state index in [1.165, 1.54) is 6.07 Å². The molecule has 0 saturated carbocycles. The Bertz CT molecular complexity index is 510. The van der Waals surface area contributed by atoms with Gasteiger partial charge in [0, 0.05) is 19.0 Å². The number of aromatic nitrogens is 1. The minimum absolute atomic E-state index is 0.154. The number of nitrogens with zero attached hydrogens (tertiary/aromatic N) is 2. The van der Waals surface area contributed by atoms with Gasteiger partial charge in [0.15, 0.2) is 0 Å². The number of carboxylic acids is 1. The molecule has 1 aromatic rings. The van der Waals surface area contributed by atoms with Crippen molar-refractivity contribution in [1.82, 2.24) is 4.98 Å². The van der Waals surface area contributed by atoms with Crippen molar-refractivity contribution < 1.29 is 14.8 Å². The van der Waals surface area contributed by atoms with Crippen LogP contribution in [0.4, 0.5) is 11.5 Å². The summed E-state index contributed by atoms with van der Waals surface area (Å²) < 4.78 is 0. The monoisotopic (exact) mass is 315 g/mol. The van der Waals surface area contributed by atoms with Gasteiger partial charge in [0.25, 0.3) is 5.69 Å². The van der Waals surface area contributed by atoms with E-state index in [2.05, 4.69) is 10.3 Å². The Morgan fingerprint density at radius 3 is 2.81 bits per heavy atom. The molecule has 1 atom stereocenters. The molecular weight excluding hydrogens is 298 g/mol. The van der Waals surface area contributed by atoms with Crippen molar-refractivity contribution in [2.45, 2.75) is 32.6 Å². The largest absolute Gasteiger partial charge is 0.481 e. The molecule has 1 aromatic heterocycles. The molecule has 0 radical (unpaired) electrons. The summed E-state index contributed by atoms with van der Waals surface area (Å²) in [5, 5.41) is 22.5. The van der Waals surface area contributed by atoms with Gasteiger partial charge in [0.1, 0.15) is 12.0 Å². The Morgan fingerprint density at radius 1 is 1.57 bits per heavy atom. The number of hydrogen-bond acceptors (Lipinski definition) is 5. The van der Waals surface area contributed by atoms with Crippen molar-refractivity contribution in [2.75, 3.05) is 11.9 Å². The predicted molar refractivity (Wildman–Crippen MR) is 79.7 cm³/mol. The minimum Gasteiger partial charge on any atom is -0.481 e. The third-order valence-electron chi connectivity index (χ3n) is 3.23. The van der Waals surface area contributed by atoms with Crippen LogP contribution in [0.3, 0.4) is 0 Å². The molecule has 0 saturated heterocycles. The summed E-state index contributed by atoms with van der Waals surface area (Å²) >= 11 is 5.92. The fraction of sp³-hybridized carbons (Fsp3) is 0.538. The highest BCUT2D eigenvalue weighted by atomic mass is 35.5. The summed E-state index contributed by atoms with van der Waals surface area (Å²) in [5.74, 6) is -0.0812. The van der Waals surface area contributed by atoms with Crippen LogP contribution >= 0.6 is 11.6 Å². The molecule has 0 amide bonds. The van der Waals surface area contributed by atoms with Crippen LogP contribution in [0.25, 0.3) is 0 Å². The maximum Gasteiger partial charge on any atom is 0.303 e. The van der Waals surface area contributed by atoms with E-state index < -0.39 is 10.9 Å². The smallest absolute Gasteiger partial charge is 0.303 e. The van der Waals surface area contributed by atoms with Gasteiger partial charge >= 0.3 is 5.97 Å². The van der Waals surface area contributed by atoms with Crippen molar-refractivity contribution in [1.29, 1.82) is 0 Å². The number of carboxylic acid groups (broad SMARTS) is 1. The number of halogens is 1. The number of pyridine rings is 1. The number of anilines is 1. The molecule has 0 aliphatic rings. The molecule has 1 unspecified atom stereocenters. The average molecular weight is 316 g/mol. The average Bonchev–Trinajstić information content (AvgIpc) is 2.43. The molecule has 7 nitrogen and oxygen atoms in total. The van der Waals surface area contributed by atoms with Gasteiger partial charge in [-0.1, -0.05) is 24.9 Å². The molecule has 0 spiro atoms. The van der Waals surface area contributed by atoms with E-state index in [9.17, 15) is 14.9 Å². The Labute approximate surface area is 127 Å². The first kappa shape index (κ1) is 17.2. The summed E-state index contributed by atoms with van der Waals surface area (Å²) in [6.45, 7) is 2.60. The van der Waals surface area contributed by atoms with Crippen LogP contribution in [0, 0.1) is 16.0 Å². The third-order valence-corrected chi connectivity index (χ3v) is 3.51. The first-order chi connectivity index (χ1) is 9.93. The molecule has 1 rings (SSSR count). The van der Waals surface area contributed by atoms with Gasteiger partial charge in [-0.05, 0) is 18.8 Å². The second kappa shape index (κ2) is 8.41. The summed E-state index contributed by atoms with van der Waals surface area (Å²) in [7, 11) is 0. The zero-order valence-corrected chi connectivity index (χ0v) is 12.5. The van der Waals surface area contributed by atoms with E-state index in [-0.39, 0.29) is 17.1 Å². The van der Waals surface area contributed by atoms with Gasteiger partial charge < -0.3 is 10.4 Å². The summed E-state index contributed by atoms with van der Waals surface area (Å²) in [5.41, 5.74) is -0.154. The summed E-state index contributed by atoms with van der Waals surface area (Å²) in [4.78, 5) is 24.5. The zero-order valence-electron chi connectivity index (χ0n) is 11.7. The lowest BCUT2D eigenvalue weighted by molar-refractivity contribution is -0.385. The second-order valence-corrected chi connectivity index (χ2v) is 5.11. The lowest BCUT2D eigenvalue weighted by Gasteiger charge is -2.14. The SMILES string of the molecule is CCC(CCNc1ncc([N+](=O)[O-])cc1Cl)CCC(=O)O.